The van der Waals surface area contributed by atoms with Gasteiger partial charge in [-0.15, -0.1) is 0 Å². The Balaban J connectivity index is 2.71. The number of anilines is 1. The van der Waals surface area contributed by atoms with Crippen LogP contribution in [0.4, 0.5) is 5.69 Å². The molecule has 0 aliphatic carbocycles. The van der Waals surface area contributed by atoms with E-state index in [0.29, 0.717) is 17.9 Å². The van der Waals surface area contributed by atoms with E-state index in [-0.39, 0.29) is 0 Å². The Morgan fingerprint density at radius 2 is 2.50 bits per heavy atom. The van der Waals surface area contributed by atoms with Crippen LogP contribution in [0.5, 0.6) is 0 Å². The largest absolute Gasteiger partial charge is 0.399 e. The Kier molecular flexibility index (Phi) is 3.12. The molecule has 62 valence electrons. The van der Waals surface area contributed by atoms with Crippen molar-refractivity contribution in [3.63, 3.8) is 0 Å². The van der Waals surface area contributed by atoms with Crippen LogP contribution in [-0.2, 0) is 0 Å². The molecule has 1 rings (SSSR count). The number of pyridine rings is 1. The molecular weight excluding hydrogens is 150 g/mol. The number of hydrogen-bond acceptors (Lipinski definition) is 3. The molecule has 0 fully saturated rings. The van der Waals surface area contributed by atoms with Crippen molar-refractivity contribution in [1.82, 2.24) is 10.3 Å². The van der Waals surface area contributed by atoms with Gasteiger partial charge in [-0.3, -0.25) is 0 Å². The summed E-state index contributed by atoms with van der Waals surface area (Å²) in [5, 5.41) is 2.92. The number of nitrogens with one attached hydrogen (secondary N) is 1. The second-order valence-electron chi connectivity index (χ2n) is 2.31. The van der Waals surface area contributed by atoms with Crippen LogP contribution in [0.1, 0.15) is 5.69 Å². The third-order valence-corrected chi connectivity index (χ3v) is 1.27. The fourth-order valence-electron chi connectivity index (χ4n) is 0.738. The lowest BCUT2D eigenvalue weighted by Crippen LogP contribution is -2.04. The summed E-state index contributed by atoms with van der Waals surface area (Å²) < 4.78 is 0. The highest BCUT2D eigenvalue weighted by atomic mass is 14.8. The second-order valence-corrected chi connectivity index (χ2v) is 2.31. The van der Waals surface area contributed by atoms with E-state index in [1.807, 2.05) is 7.05 Å². The predicted octanol–water partition coefficient (Wildman–Crippen LogP) is 0.235. The topological polar surface area (TPSA) is 50.9 Å². The number of rotatable bonds is 1. The van der Waals surface area contributed by atoms with Gasteiger partial charge in [0, 0.05) is 11.9 Å². The zero-order valence-electron chi connectivity index (χ0n) is 6.96. The summed E-state index contributed by atoms with van der Waals surface area (Å²) >= 11 is 0. The quantitative estimate of drug-likeness (QED) is 0.580. The Labute approximate surface area is 72.0 Å². The van der Waals surface area contributed by atoms with Gasteiger partial charge in [-0.05, 0) is 25.1 Å². The van der Waals surface area contributed by atoms with Crippen LogP contribution < -0.4 is 11.1 Å². The molecule has 0 atom stereocenters. The lowest BCUT2D eigenvalue weighted by molar-refractivity contribution is 0.938. The highest BCUT2D eigenvalue weighted by Gasteiger charge is 1.87. The molecule has 0 bridgehead atoms. The smallest absolute Gasteiger partial charge is 0.115 e. The fourth-order valence-corrected chi connectivity index (χ4v) is 0.738. The summed E-state index contributed by atoms with van der Waals surface area (Å²) in [5.41, 5.74) is 6.95. The summed E-state index contributed by atoms with van der Waals surface area (Å²) in [7, 11) is 1.85. The molecule has 3 nitrogen and oxygen atoms in total. The maximum absolute atomic E-state index is 5.54. The molecule has 3 N–H and O–H groups in total. The van der Waals surface area contributed by atoms with Gasteiger partial charge < -0.3 is 11.1 Å². The Bertz CT molecular complexity index is 309. The normalized spacial score (nSPS) is 8.75. The van der Waals surface area contributed by atoms with E-state index in [1.165, 1.54) is 0 Å². The van der Waals surface area contributed by atoms with Crippen LogP contribution in [0.15, 0.2) is 18.3 Å². The zero-order chi connectivity index (χ0) is 8.81. The van der Waals surface area contributed by atoms with Gasteiger partial charge in [0.25, 0.3) is 0 Å². The van der Waals surface area contributed by atoms with Gasteiger partial charge in [-0.2, -0.15) is 0 Å². The predicted molar refractivity (Wildman–Crippen MR) is 49.5 cm³/mol. The molecule has 0 saturated heterocycles. The van der Waals surface area contributed by atoms with Gasteiger partial charge in [-0.1, -0.05) is 5.92 Å². The van der Waals surface area contributed by atoms with E-state index in [0.717, 1.165) is 0 Å². The molecule has 1 aromatic rings. The molecule has 3 heteroatoms. The maximum Gasteiger partial charge on any atom is 0.115 e. The standard InChI is InChI=1S/C9H11N3/c1-11-5-2-3-9-7-8(10)4-6-12-9/h4,6-7,11H,5H2,1H3,(H2,10,12). The zero-order valence-corrected chi connectivity index (χ0v) is 6.96. The van der Waals surface area contributed by atoms with Crippen molar-refractivity contribution in [3.05, 3.63) is 24.0 Å². The molecule has 12 heavy (non-hydrogen) atoms. The third kappa shape index (κ3) is 2.60. The Morgan fingerprint density at radius 3 is 3.17 bits per heavy atom. The molecule has 0 aromatic carbocycles. The van der Waals surface area contributed by atoms with Gasteiger partial charge >= 0.3 is 0 Å². The van der Waals surface area contributed by atoms with Crippen LogP contribution in [0.25, 0.3) is 0 Å². The summed E-state index contributed by atoms with van der Waals surface area (Å²) in [5.74, 6) is 5.78. The van der Waals surface area contributed by atoms with Crippen LogP contribution in [0.2, 0.25) is 0 Å². The van der Waals surface area contributed by atoms with Crippen LogP contribution in [0.3, 0.4) is 0 Å². The Hall–Kier alpha value is -1.53. The molecule has 1 aromatic heterocycles. The first-order valence-electron chi connectivity index (χ1n) is 3.68. The summed E-state index contributed by atoms with van der Waals surface area (Å²) in [6.45, 7) is 0.663. The van der Waals surface area contributed by atoms with Crippen LogP contribution in [-0.4, -0.2) is 18.6 Å². The van der Waals surface area contributed by atoms with Crippen molar-refractivity contribution in [1.29, 1.82) is 0 Å². The fraction of sp³-hybridized carbons (Fsp3) is 0.222. The van der Waals surface area contributed by atoms with Gasteiger partial charge in [-0.25, -0.2) is 4.98 Å². The second kappa shape index (κ2) is 4.37. The lowest BCUT2D eigenvalue weighted by Gasteiger charge is -1.91. The number of hydrogen-bond donors (Lipinski definition) is 2. The number of aromatic nitrogens is 1. The van der Waals surface area contributed by atoms with Crippen molar-refractivity contribution < 1.29 is 0 Å². The molecule has 0 aliphatic rings. The average Bonchev–Trinajstić information content (AvgIpc) is 2.05. The molecule has 0 radical (unpaired) electrons. The Morgan fingerprint density at radius 1 is 1.67 bits per heavy atom. The molecule has 1 heterocycles. The minimum Gasteiger partial charge on any atom is -0.399 e. The van der Waals surface area contributed by atoms with Crippen molar-refractivity contribution in [2.24, 2.45) is 0 Å². The van der Waals surface area contributed by atoms with Gasteiger partial charge in [0.05, 0.1) is 6.54 Å². The summed E-state index contributed by atoms with van der Waals surface area (Å²) in [6.07, 6.45) is 1.65. The SMILES string of the molecule is CNCC#Cc1cc(N)ccn1. The molecular formula is C9H11N3. The average molecular weight is 161 g/mol. The van der Waals surface area contributed by atoms with Gasteiger partial charge in [0.1, 0.15) is 5.69 Å². The first-order valence-corrected chi connectivity index (χ1v) is 3.68. The van der Waals surface area contributed by atoms with Crippen molar-refractivity contribution in [2.75, 3.05) is 19.3 Å². The molecule has 0 amide bonds. The summed E-state index contributed by atoms with van der Waals surface area (Å²) in [4.78, 5) is 4.03. The highest BCUT2D eigenvalue weighted by molar-refractivity contribution is 5.42. The third-order valence-electron chi connectivity index (χ3n) is 1.27. The van der Waals surface area contributed by atoms with E-state index in [1.54, 1.807) is 18.3 Å². The van der Waals surface area contributed by atoms with Crippen molar-refractivity contribution >= 4 is 5.69 Å². The minimum atomic E-state index is 0.663. The molecule has 0 spiro atoms. The lowest BCUT2D eigenvalue weighted by atomic mass is 10.3. The van der Waals surface area contributed by atoms with Crippen LogP contribution in [0, 0.1) is 11.8 Å². The molecule has 0 aliphatic heterocycles. The monoisotopic (exact) mass is 161 g/mol. The van der Waals surface area contributed by atoms with Gasteiger partial charge in [0.2, 0.25) is 0 Å². The molecule has 0 unspecified atom stereocenters. The number of nitrogen functional groups attached to an aromatic ring is 1. The number of nitrogens with zero attached hydrogens (tertiary/aromatic N) is 1. The van der Waals surface area contributed by atoms with E-state index >= 15 is 0 Å². The van der Waals surface area contributed by atoms with Crippen molar-refractivity contribution in [2.45, 2.75) is 0 Å². The van der Waals surface area contributed by atoms with E-state index in [4.69, 9.17) is 5.73 Å². The van der Waals surface area contributed by atoms with Crippen LogP contribution >= 0.6 is 0 Å². The van der Waals surface area contributed by atoms with E-state index < -0.39 is 0 Å². The minimum absolute atomic E-state index is 0.663. The maximum atomic E-state index is 5.54. The van der Waals surface area contributed by atoms with Crippen molar-refractivity contribution in [3.8, 4) is 11.8 Å². The van der Waals surface area contributed by atoms with Gasteiger partial charge in [0.15, 0.2) is 0 Å². The van der Waals surface area contributed by atoms with E-state index in [2.05, 4.69) is 22.1 Å². The number of nitrogens with two attached hydrogens (primary N) is 1. The highest BCUT2D eigenvalue weighted by Crippen LogP contribution is 2.00. The summed E-state index contributed by atoms with van der Waals surface area (Å²) in [6, 6.07) is 3.49. The van der Waals surface area contributed by atoms with E-state index in [9.17, 15) is 0 Å². The first kappa shape index (κ1) is 8.57. The first-order chi connectivity index (χ1) is 5.83. The molecule has 0 saturated carbocycles.